The van der Waals surface area contributed by atoms with Crippen LogP contribution in [0.5, 0.6) is 5.75 Å². The summed E-state index contributed by atoms with van der Waals surface area (Å²) in [5, 5.41) is 6.15. The predicted molar refractivity (Wildman–Crippen MR) is 139 cm³/mol. The van der Waals surface area contributed by atoms with E-state index in [9.17, 15) is 14.4 Å². The summed E-state index contributed by atoms with van der Waals surface area (Å²) in [7, 11) is 0. The first-order valence-electron chi connectivity index (χ1n) is 12.9. The Morgan fingerprint density at radius 3 is 2.35 bits per heavy atom. The molecule has 2 spiro atoms. The summed E-state index contributed by atoms with van der Waals surface area (Å²) in [6, 6.07) is 22.0. The van der Waals surface area contributed by atoms with Gasteiger partial charge in [0.15, 0.2) is 5.78 Å². The van der Waals surface area contributed by atoms with Crippen LogP contribution in [0, 0.1) is 5.92 Å². The maximum absolute atomic E-state index is 14.7. The number of nitrogens with zero attached hydrogens (tertiary/aromatic N) is 1. The van der Waals surface area contributed by atoms with Crippen molar-refractivity contribution in [1.29, 1.82) is 0 Å². The highest BCUT2D eigenvalue weighted by atomic mass is 16.5. The fraction of sp³-hybridized carbons (Fsp3) is 0.300. The number of ketones is 1. The highest BCUT2D eigenvalue weighted by molar-refractivity contribution is 6.21. The molecule has 2 N–H and O–H groups in total. The predicted octanol–water partition coefficient (Wildman–Crippen LogP) is 4.10. The van der Waals surface area contributed by atoms with Gasteiger partial charge < -0.3 is 15.4 Å². The van der Waals surface area contributed by atoms with Crippen molar-refractivity contribution in [3.8, 4) is 5.75 Å². The molecule has 4 atom stereocenters. The molecule has 0 radical (unpaired) electrons. The van der Waals surface area contributed by atoms with E-state index in [1.54, 1.807) is 12.1 Å². The number of benzene rings is 3. The molecular weight excluding hydrogens is 466 g/mol. The van der Waals surface area contributed by atoms with Gasteiger partial charge in [-0.2, -0.15) is 0 Å². The Kier molecular flexibility index (Phi) is 4.67. The van der Waals surface area contributed by atoms with Crippen LogP contribution in [-0.2, 0) is 20.5 Å². The van der Waals surface area contributed by atoms with Gasteiger partial charge in [0, 0.05) is 23.0 Å². The summed E-state index contributed by atoms with van der Waals surface area (Å²) < 4.78 is 5.86. The number of hydrogen-bond donors (Lipinski definition) is 2. The second-order valence-corrected chi connectivity index (χ2v) is 10.2. The third-order valence-electron chi connectivity index (χ3n) is 8.74. The molecule has 2 amide bonds. The molecule has 37 heavy (non-hydrogen) atoms. The molecule has 2 fully saturated rings. The molecule has 0 aromatic heterocycles. The zero-order valence-corrected chi connectivity index (χ0v) is 20.5. The lowest BCUT2D eigenvalue weighted by molar-refractivity contribution is -0.137. The van der Waals surface area contributed by atoms with Crippen LogP contribution < -0.4 is 15.4 Å². The normalized spacial score (nSPS) is 29.2. The van der Waals surface area contributed by atoms with E-state index in [1.807, 2.05) is 67.6 Å². The van der Waals surface area contributed by atoms with Crippen molar-refractivity contribution in [2.24, 2.45) is 5.92 Å². The van der Waals surface area contributed by atoms with Crippen molar-refractivity contribution in [3.63, 3.8) is 0 Å². The lowest BCUT2D eigenvalue weighted by Crippen LogP contribution is -2.62. The number of fused-ring (bicyclic) bond motifs is 7. The largest absolute Gasteiger partial charge is 0.493 e. The SMILES string of the molecule is CCOc1ccccc1C(=O)[C@@H]1[C@@H]2CCCN2[C@@]2(C(=O)Nc3ccccc32)[C@]12C(=O)Nc1ccccc12. The van der Waals surface area contributed by atoms with Crippen LogP contribution >= 0.6 is 0 Å². The Labute approximate surface area is 214 Å². The van der Waals surface area contributed by atoms with Crippen LogP contribution in [0.2, 0.25) is 0 Å². The van der Waals surface area contributed by atoms with Crippen molar-refractivity contribution in [1.82, 2.24) is 4.90 Å². The fourth-order valence-electron chi connectivity index (χ4n) is 7.65. The van der Waals surface area contributed by atoms with Crippen molar-refractivity contribution >= 4 is 29.0 Å². The molecule has 7 nitrogen and oxygen atoms in total. The Balaban J connectivity index is 1.57. The van der Waals surface area contributed by atoms with E-state index in [0.29, 0.717) is 41.4 Å². The zero-order valence-electron chi connectivity index (χ0n) is 20.5. The van der Waals surface area contributed by atoms with E-state index in [2.05, 4.69) is 15.5 Å². The van der Waals surface area contributed by atoms with E-state index in [0.717, 1.165) is 18.4 Å². The van der Waals surface area contributed by atoms with Crippen LogP contribution in [0.1, 0.15) is 41.3 Å². The Hall–Kier alpha value is -3.97. The van der Waals surface area contributed by atoms with E-state index in [-0.39, 0.29) is 23.6 Å². The quantitative estimate of drug-likeness (QED) is 0.535. The number of rotatable bonds is 4. The monoisotopic (exact) mass is 493 g/mol. The number of Topliss-reactive ketones (excluding diaryl/α,β-unsaturated/α-hetero) is 1. The third-order valence-corrected chi connectivity index (χ3v) is 8.74. The Morgan fingerprint density at radius 2 is 1.57 bits per heavy atom. The Bertz CT molecular complexity index is 1480. The second kappa shape index (κ2) is 7.76. The maximum atomic E-state index is 14.7. The number of carbonyl (C=O) groups excluding carboxylic acids is 3. The van der Waals surface area contributed by atoms with Gasteiger partial charge in [0.25, 0.3) is 5.91 Å². The van der Waals surface area contributed by atoms with Gasteiger partial charge in [-0.15, -0.1) is 0 Å². The number of anilines is 2. The molecule has 4 aliphatic heterocycles. The first kappa shape index (κ1) is 22.2. The summed E-state index contributed by atoms with van der Waals surface area (Å²) in [5.41, 5.74) is 0.463. The molecule has 7 heteroatoms. The average molecular weight is 494 g/mol. The van der Waals surface area contributed by atoms with Crippen LogP contribution in [0.15, 0.2) is 72.8 Å². The molecule has 0 saturated carbocycles. The summed E-state index contributed by atoms with van der Waals surface area (Å²) in [6.45, 7) is 2.92. The molecule has 186 valence electrons. The van der Waals surface area contributed by atoms with Crippen LogP contribution in [-0.4, -0.2) is 41.7 Å². The van der Waals surface area contributed by atoms with E-state index in [4.69, 9.17) is 4.74 Å². The first-order valence-corrected chi connectivity index (χ1v) is 12.9. The van der Waals surface area contributed by atoms with Crippen LogP contribution in [0.25, 0.3) is 0 Å². The lowest BCUT2D eigenvalue weighted by Gasteiger charge is -2.43. The number of carbonyl (C=O) groups is 3. The van der Waals surface area contributed by atoms with Gasteiger partial charge in [-0.1, -0.05) is 48.5 Å². The number of hydrogen-bond acceptors (Lipinski definition) is 5. The fourth-order valence-corrected chi connectivity index (χ4v) is 7.65. The molecule has 4 aliphatic rings. The summed E-state index contributed by atoms with van der Waals surface area (Å²) in [5.74, 6) is -0.999. The van der Waals surface area contributed by atoms with Gasteiger partial charge >= 0.3 is 0 Å². The summed E-state index contributed by atoms with van der Waals surface area (Å²) in [4.78, 5) is 45.7. The van der Waals surface area contributed by atoms with Gasteiger partial charge in [0.05, 0.1) is 18.1 Å². The molecule has 0 aliphatic carbocycles. The van der Waals surface area contributed by atoms with E-state index < -0.39 is 16.9 Å². The van der Waals surface area contributed by atoms with E-state index in [1.165, 1.54) is 0 Å². The third kappa shape index (κ3) is 2.52. The van der Waals surface area contributed by atoms with Gasteiger partial charge in [0.1, 0.15) is 16.7 Å². The topological polar surface area (TPSA) is 87.7 Å². The Morgan fingerprint density at radius 1 is 0.919 bits per heavy atom. The minimum atomic E-state index is -1.44. The van der Waals surface area contributed by atoms with Crippen LogP contribution in [0.4, 0.5) is 11.4 Å². The van der Waals surface area contributed by atoms with Gasteiger partial charge in [0.2, 0.25) is 5.91 Å². The highest BCUT2D eigenvalue weighted by Gasteiger charge is 2.81. The molecule has 2 saturated heterocycles. The number of ether oxygens (including phenoxy) is 1. The van der Waals surface area contributed by atoms with Gasteiger partial charge in [-0.25, -0.2) is 0 Å². The van der Waals surface area contributed by atoms with Crippen molar-refractivity contribution in [2.75, 3.05) is 23.8 Å². The number of nitrogens with one attached hydrogen (secondary N) is 2. The summed E-state index contributed by atoms with van der Waals surface area (Å²) in [6.07, 6.45) is 1.57. The molecule has 3 aromatic carbocycles. The van der Waals surface area contributed by atoms with E-state index >= 15 is 0 Å². The molecule has 0 unspecified atom stereocenters. The summed E-state index contributed by atoms with van der Waals surface area (Å²) >= 11 is 0. The second-order valence-electron chi connectivity index (χ2n) is 10.2. The van der Waals surface area contributed by atoms with Gasteiger partial charge in [-0.3, -0.25) is 19.3 Å². The standard InChI is InChI=1S/C30H27N3O4/c1-2-37-24-16-8-3-10-18(24)26(34)25-23-15-9-17-33(23)30(20-12-5-7-14-22(20)32-28(30)36)29(25)19-11-4-6-13-21(19)31-27(29)35/h3-8,10-14,16,23,25H,2,9,15,17H2,1H3,(H,31,35)(H,32,36)/t23-,25-,29-,30-/m0/s1. The highest BCUT2D eigenvalue weighted by Crippen LogP contribution is 2.67. The number of para-hydroxylation sites is 3. The minimum absolute atomic E-state index is 0.165. The minimum Gasteiger partial charge on any atom is -0.493 e. The van der Waals surface area contributed by atoms with Gasteiger partial charge in [-0.05, 0) is 56.1 Å². The zero-order chi connectivity index (χ0) is 25.4. The molecule has 7 rings (SSSR count). The lowest BCUT2D eigenvalue weighted by atomic mass is 9.57. The molecule has 3 aromatic rings. The number of amides is 2. The molecular formula is C30H27N3O4. The van der Waals surface area contributed by atoms with Crippen molar-refractivity contribution in [3.05, 3.63) is 89.5 Å². The smallest absolute Gasteiger partial charge is 0.251 e. The maximum Gasteiger partial charge on any atom is 0.251 e. The molecule has 4 heterocycles. The van der Waals surface area contributed by atoms with Crippen molar-refractivity contribution < 1.29 is 19.1 Å². The molecule has 0 bridgehead atoms. The van der Waals surface area contributed by atoms with Crippen LogP contribution in [0.3, 0.4) is 0 Å². The van der Waals surface area contributed by atoms with Crippen molar-refractivity contribution in [2.45, 2.75) is 36.8 Å². The average Bonchev–Trinajstić information content (AvgIpc) is 3.63. The first-order chi connectivity index (χ1) is 18.1.